The van der Waals surface area contributed by atoms with Gasteiger partial charge in [0.2, 0.25) is 15.9 Å². The number of ether oxygens (including phenoxy) is 1. The molecule has 1 atom stereocenters. The summed E-state index contributed by atoms with van der Waals surface area (Å²) in [6.45, 7) is 5.03. The number of hydrogen-bond acceptors (Lipinski definition) is 5. The second kappa shape index (κ2) is 10.4. The van der Waals surface area contributed by atoms with Gasteiger partial charge in [0.05, 0.1) is 17.5 Å². The lowest BCUT2D eigenvalue weighted by Gasteiger charge is -2.37. The van der Waals surface area contributed by atoms with Crippen LogP contribution in [-0.4, -0.2) is 49.8 Å². The molecule has 2 aliphatic rings. The zero-order chi connectivity index (χ0) is 25.3. The Balaban J connectivity index is 1.38. The molecule has 0 N–H and O–H groups in total. The maximum absolute atomic E-state index is 13.7. The highest BCUT2D eigenvalue weighted by molar-refractivity contribution is 7.89. The number of thiophene rings is 1. The quantitative estimate of drug-likeness (QED) is 0.396. The number of rotatable bonds is 9. The van der Waals surface area contributed by atoms with Crippen LogP contribution in [0.3, 0.4) is 0 Å². The van der Waals surface area contributed by atoms with Crippen LogP contribution in [0.1, 0.15) is 40.5 Å². The minimum atomic E-state index is -3.78. The van der Waals surface area contributed by atoms with Crippen molar-refractivity contribution < 1.29 is 17.9 Å². The zero-order valence-corrected chi connectivity index (χ0v) is 22.4. The Kier molecular flexibility index (Phi) is 7.19. The number of aryl methyl sites for hydroxylation is 2. The van der Waals surface area contributed by atoms with E-state index in [2.05, 4.69) is 11.4 Å². The molecule has 2 aromatic carbocycles. The van der Waals surface area contributed by atoms with Gasteiger partial charge in [0.15, 0.2) is 0 Å². The first-order valence-corrected chi connectivity index (χ1v) is 14.8. The monoisotopic (exact) mass is 524 g/mol. The van der Waals surface area contributed by atoms with Crippen molar-refractivity contribution in [2.75, 3.05) is 26.2 Å². The molecule has 0 radical (unpaired) electrons. The Hall–Kier alpha value is -2.68. The third-order valence-corrected chi connectivity index (χ3v) is 9.86. The first kappa shape index (κ1) is 25.0. The summed E-state index contributed by atoms with van der Waals surface area (Å²) in [6.07, 6.45) is 2.78. The molecule has 1 aliphatic carbocycles. The number of fused-ring (bicyclic) bond motifs is 1. The Morgan fingerprint density at radius 1 is 1.08 bits per heavy atom. The topological polar surface area (TPSA) is 66.9 Å². The van der Waals surface area contributed by atoms with Crippen LogP contribution >= 0.6 is 11.3 Å². The molecule has 0 unspecified atom stereocenters. The van der Waals surface area contributed by atoms with E-state index >= 15 is 0 Å². The lowest BCUT2D eigenvalue weighted by atomic mass is 10.0. The Morgan fingerprint density at radius 2 is 1.83 bits per heavy atom. The molecule has 2 heterocycles. The Labute approximate surface area is 217 Å². The zero-order valence-electron chi connectivity index (χ0n) is 20.7. The maximum Gasteiger partial charge on any atom is 0.243 e. The summed E-state index contributed by atoms with van der Waals surface area (Å²) in [5, 5.41) is 2.06. The summed E-state index contributed by atoms with van der Waals surface area (Å²) in [5.74, 6) is 0.939. The number of benzene rings is 2. The van der Waals surface area contributed by atoms with Gasteiger partial charge in [-0.15, -0.1) is 11.3 Å². The molecule has 8 heteroatoms. The molecule has 1 fully saturated rings. The van der Waals surface area contributed by atoms with E-state index in [1.807, 2.05) is 43.0 Å². The van der Waals surface area contributed by atoms with E-state index in [1.165, 1.54) is 9.18 Å². The van der Waals surface area contributed by atoms with Crippen LogP contribution in [0, 0.1) is 19.8 Å². The minimum Gasteiger partial charge on any atom is -0.491 e. The van der Waals surface area contributed by atoms with Gasteiger partial charge in [-0.3, -0.25) is 4.79 Å². The predicted octanol–water partition coefficient (Wildman–Crippen LogP) is 4.97. The highest BCUT2D eigenvalue weighted by Crippen LogP contribution is 2.35. The lowest BCUT2D eigenvalue weighted by Crippen LogP contribution is -2.48. The number of amides is 1. The fourth-order valence-corrected chi connectivity index (χ4v) is 7.09. The maximum atomic E-state index is 13.7. The van der Waals surface area contributed by atoms with Crippen LogP contribution in [0.2, 0.25) is 0 Å². The van der Waals surface area contributed by atoms with Gasteiger partial charge in [0.25, 0.3) is 0 Å². The van der Waals surface area contributed by atoms with Crippen molar-refractivity contribution >= 4 is 27.3 Å². The van der Waals surface area contributed by atoms with Crippen LogP contribution < -0.4 is 4.74 Å². The molecule has 0 bridgehead atoms. The van der Waals surface area contributed by atoms with Gasteiger partial charge < -0.3 is 9.64 Å². The van der Waals surface area contributed by atoms with Gasteiger partial charge in [-0.2, -0.15) is 4.31 Å². The summed E-state index contributed by atoms with van der Waals surface area (Å²) < 4.78 is 34.7. The average Bonchev–Trinajstić information content (AvgIpc) is 3.55. The molecular weight excluding hydrogens is 492 g/mol. The van der Waals surface area contributed by atoms with Crippen LogP contribution in [0.15, 0.2) is 64.9 Å². The van der Waals surface area contributed by atoms with Crippen molar-refractivity contribution in [2.45, 2.75) is 44.0 Å². The molecule has 0 spiro atoms. The van der Waals surface area contributed by atoms with Crippen molar-refractivity contribution in [3.63, 3.8) is 0 Å². The largest absolute Gasteiger partial charge is 0.491 e. The standard InChI is InChI=1S/C28H32N2O4S2/c1-20-7-11-23(12-8-20)36(32,33)29(17-22-9-10-22)18-28(31)30-15-13-27-24(14-16-35-27)25(30)19-34-26-6-4-3-5-21(26)2/h3-8,11-12,14,16,22,25H,9-10,13,15,17-19H2,1-2H3/t25-/m0/s1. The predicted molar refractivity (Wildman–Crippen MR) is 142 cm³/mol. The van der Waals surface area contributed by atoms with Gasteiger partial charge in [-0.25, -0.2) is 8.42 Å². The molecular formula is C28H32N2O4S2. The van der Waals surface area contributed by atoms with Crippen LogP contribution in [0.5, 0.6) is 5.75 Å². The van der Waals surface area contributed by atoms with E-state index in [9.17, 15) is 13.2 Å². The molecule has 1 amide bonds. The van der Waals surface area contributed by atoms with Crippen molar-refractivity contribution in [1.82, 2.24) is 9.21 Å². The summed E-state index contributed by atoms with van der Waals surface area (Å²) in [4.78, 5) is 17.0. The van der Waals surface area contributed by atoms with Gasteiger partial charge in [0, 0.05) is 18.0 Å². The van der Waals surface area contributed by atoms with Gasteiger partial charge in [-0.1, -0.05) is 35.9 Å². The van der Waals surface area contributed by atoms with Crippen molar-refractivity contribution in [1.29, 1.82) is 0 Å². The first-order chi connectivity index (χ1) is 17.3. The smallest absolute Gasteiger partial charge is 0.243 e. The summed E-state index contributed by atoms with van der Waals surface area (Å²) in [5.41, 5.74) is 3.13. The van der Waals surface area contributed by atoms with E-state index in [1.54, 1.807) is 35.6 Å². The van der Waals surface area contributed by atoms with E-state index in [-0.39, 0.29) is 23.4 Å². The van der Waals surface area contributed by atoms with Gasteiger partial charge >= 0.3 is 0 Å². The number of hydrogen-bond donors (Lipinski definition) is 0. The molecule has 5 rings (SSSR count). The number of nitrogens with zero attached hydrogens (tertiary/aromatic N) is 2. The van der Waals surface area contributed by atoms with E-state index in [0.717, 1.165) is 41.7 Å². The molecule has 6 nitrogen and oxygen atoms in total. The second-order valence-corrected chi connectivity index (χ2v) is 12.7. The highest BCUT2D eigenvalue weighted by Gasteiger charge is 2.37. The molecule has 1 aliphatic heterocycles. The molecule has 36 heavy (non-hydrogen) atoms. The molecule has 1 saturated carbocycles. The normalized spacial score (nSPS) is 17.8. The number of carbonyl (C=O) groups excluding carboxylic acids is 1. The Morgan fingerprint density at radius 3 is 2.56 bits per heavy atom. The van der Waals surface area contributed by atoms with Crippen LogP contribution in [0.25, 0.3) is 0 Å². The summed E-state index contributed by atoms with van der Waals surface area (Å²) in [6, 6.07) is 16.5. The van der Waals surface area contributed by atoms with Crippen LogP contribution in [-0.2, 0) is 21.2 Å². The number of sulfonamides is 1. The molecule has 1 aromatic heterocycles. The highest BCUT2D eigenvalue weighted by atomic mass is 32.2. The molecule has 190 valence electrons. The average molecular weight is 525 g/mol. The Bertz CT molecular complexity index is 1330. The minimum absolute atomic E-state index is 0.160. The fraction of sp³-hybridized carbons (Fsp3) is 0.393. The fourth-order valence-electron chi connectivity index (χ4n) is 4.70. The van der Waals surface area contributed by atoms with Crippen molar-refractivity contribution in [3.05, 3.63) is 81.5 Å². The van der Waals surface area contributed by atoms with Crippen molar-refractivity contribution in [3.8, 4) is 5.75 Å². The lowest BCUT2D eigenvalue weighted by molar-refractivity contribution is -0.135. The SMILES string of the molecule is Cc1ccc(S(=O)(=O)N(CC(=O)N2CCc3sccc3[C@@H]2COc2ccccc2C)CC2CC2)cc1. The van der Waals surface area contributed by atoms with Gasteiger partial charge in [-0.05, 0) is 79.8 Å². The second-order valence-electron chi connectivity index (χ2n) is 9.78. The van der Waals surface area contributed by atoms with Crippen LogP contribution in [0.4, 0.5) is 0 Å². The third-order valence-electron chi connectivity index (χ3n) is 7.03. The first-order valence-electron chi connectivity index (χ1n) is 12.4. The summed E-state index contributed by atoms with van der Waals surface area (Å²) in [7, 11) is -3.78. The molecule has 3 aromatic rings. The number of carbonyl (C=O) groups is 1. The summed E-state index contributed by atoms with van der Waals surface area (Å²) >= 11 is 1.70. The van der Waals surface area contributed by atoms with E-state index < -0.39 is 10.0 Å². The van der Waals surface area contributed by atoms with E-state index in [4.69, 9.17) is 4.74 Å². The number of para-hydroxylation sites is 1. The van der Waals surface area contributed by atoms with Gasteiger partial charge in [0.1, 0.15) is 12.4 Å². The van der Waals surface area contributed by atoms with Crippen molar-refractivity contribution in [2.24, 2.45) is 5.92 Å². The van der Waals surface area contributed by atoms with E-state index in [0.29, 0.717) is 25.6 Å². The third kappa shape index (κ3) is 5.36. The molecule has 0 saturated heterocycles.